The Bertz CT molecular complexity index is 707. The molecule has 1 rings (SSSR count). The van der Waals surface area contributed by atoms with Gasteiger partial charge in [-0.3, -0.25) is 5.43 Å². The normalized spacial score (nSPS) is 10.5. The van der Waals surface area contributed by atoms with Gasteiger partial charge in [0.1, 0.15) is 12.1 Å². The number of anilines is 1. The highest BCUT2D eigenvalue weighted by Crippen LogP contribution is 2.22. The van der Waals surface area contributed by atoms with Crippen LogP contribution < -0.4 is 5.43 Å². The molecule has 8 heteroatoms. The van der Waals surface area contributed by atoms with Crippen molar-refractivity contribution in [2.24, 2.45) is 5.10 Å². The van der Waals surface area contributed by atoms with Crippen LogP contribution in [0.1, 0.15) is 5.56 Å². The molecule has 1 aromatic carbocycles. The summed E-state index contributed by atoms with van der Waals surface area (Å²) in [5.74, 6) is 0. The molecule has 1 N–H and O–H groups in total. The van der Waals surface area contributed by atoms with Crippen LogP contribution in [0.25, 0.3) is 0 Å². The molecule has 0 unspecified atom stereocenters. The van der Waals surface area contributed by atoms with Crippen molar-refractivity contribution >= 4 is 21.4 Å². The van der Waals surface area contributed by atoms with Gasteiger partial charge in [-0.2, -0.15) is 15.6 Å². The Hall–Kier alpha value is -2.42. The molecule has 0 spiro atoms. The molecule has 0 aliphatic heterocycles. The van der Waals surface area contributed by atoms with Gasteiger partial charge in [0.15, 0.2) is 0 Å². The Balaban J connectivity index is 3.22. The minimum Gasteiger partial charge on any atom is -0.276 e. The van der Waals surface area contributed by atoms with Gasteiger partial charge in [-0.05, 0) is 24.6 Å². The number of hydrazone groups is 1. The molecule has 0 aliphatic carbocycles. The van der Waals surface area contributed by atoms with Crippen LogP contribution >= 0.6 is 0 Å². The van der Waals surface area contributed by atoms with E-state index in [0.717, 1.165) is 4.31 Å². The zero-order valence-electron chi connectivity index (χ0n) is 11.2. The average molecular weight is 291 g/mol. The summed E-state index contributed by atoms with van der Waals surface area (Å²) < 4.78 is 25.3. The summed E-state index contributed by atoms with van der Waals surface area (Å²) in [5.41, 5.74) is 3.11. The standard InChI is InChI=1S/C12H13N5O2S/c1-9-4-5-10(15-16-11(7-13)8-14)6-12(9)20(18,19)17(2)3/h4-6,15H,1-3H3. The maximum absolute atomic E-state index is 12.1. The fourth-order valence-corrected chi connectivity index (χ4v) is 2.48. The number of rotatable bonds is 4. The van der Waals surface area contributed by atoms with E-state index in [0.29, 0.717) is 11.3 Å². The topological polar surface area (TPSA) is 109 Å². The highest BCUT2D eigenvalue weighted by Gasteiger charge is 2.19. The fraction of sp³-hybridized carbons (Fsp3) is 0.250. The quantitative estimate of drug-likeness (QED) is 0.659. The van der Waals surface area contributed by atoms with Crippen LogP contribution in [0.15, 0.2) is 28.2 Å². The first-order valence-electron chi connectivity index (χ1n) is 5.50. The van der Waals surface area contributed by atoms with Gasteiger partial charge in [0.25, 0.3) is 0 Å². The molecule has 7 nitrogen and oxygen atoms in total. The van der Waals surface area contributed by atoms with Gasteiger partial charge in [-0.15, -0.1) is 0 Å². The van der Waals surface area contributed by atoms with E-state index in [-0.39, 0.29) is 10.6 Å². The van der Waals surface area contributed by atoms with Crippen molar-refractivity contribution in [1.82, 2.24) is 4.31 Å². The molecule has 0 amide bonds. The number of nitrogens with zero attached hydrogens (tertiary/aromatic N) is 4. The molecule has 20 heavy (non-hydrogen) atoms. The third-order valence-corrected chi connectivity index (χ3v) is 4.41. The Morgan fingerprint density at radius 2 is 1.90 bits per heavy atom. The van der Waals surface area contributed by atoms with E-state index in [1.165, 1.54) is 20.2 Å². The second kappa shape index (κ2) is 6.15. The van der Waals surface area contributed by atoms with Gasteiger partial charge in [0.2, 0.25) is 15.7 Å². The lowest BCUT2D eigenvalue weighted by molar-refractivity contribution is 0.520. The number of nitrogens with one attached hydrogen (secondary N) is 1. The van der Waals surface area contributed by atoms with Crippen LogP contribution in [0.4, 0.5) is 5.69 Å². The Morgan fingerprint density at radius 3 is 2.40 bits per heavy atom. The SMILES string of the molecule is Cc1ccc(NN=C(C#N)C#N)cc1S(=O)(=O)N(C)C. The van der Waals surface area contributed by atoms with Crippen LogP contribution in [-0.4, -0.2) is 32.5 Å². The summed E-state index contributed by atoms with van der Waals surface area (Å²) in [7, 11) is -0.683. The van der Waals surface area contributed by atoms with E-state index >= 15 is 0 Å². The smallest absolute Gasteiger partial charge is 0.242 e. The Labute approximate surface area is 117 Å². The average Bonchev–Trinajstić information content (AvgIpc) is 2.41. The molecule has 0 aromatic heterocycles. The second-order valence-corrected chi connectivity index (χ2v) is 6.18. The van der Waals surface area contributed by atoms with Crippen molar-refractivity contribution in [3.8, 4) is 12.1 Å². The zero-order chi connectivity index (χ0) is 15.3. The number of hydrogen-bond donors (Lipinski definition) is 1. The van der Waals surface area contributed by atoms with E-state index in [2.05, 4.69) is 10.5 Å². The molecule has 0 saturated heterocycles. The largest absolute Gasteiger partial charge is 0.276 e. The number of nitriles is 2. The summed E-state index contributed by atoms with van der Waals surface area (Å²) in [6.07, 6.45) is 0. The summed E-state index contributed by atoms with van der Waals surface area (Å²) in [4.78, 5) is 0.137. The summed E-state index contributed by atoms with van der Waals surface area (Å²) in [6.45, 7) is 1.68. The molecular weight excluding hydrogens is 278 g/mol. The number of benzene rings is 1. The maximum Gasteiger partial charge on any atom is 0.242 e. The molecule has 104 valence electrons. The molecule has 0 fully saturated rings. The fourth-order valence-electron chi connectivity index (χ4n) is 1.34. The molecule has 0 radical (unpaired) electrons. The third kappa shape index (κ3) is 3.32. The van der Waals surface area contributed by atoms with Crippen molar-refractivity contribution in [3.05, 3.63) is 23.8 Å². The van der Waals surface area contributed by atoms with Crippen LogP contribution in [0.3, 0.4) is 0 Å². The van der Waals surface area contributed by atoms with Gasteiger partial charge < -0.3 is 0 Å². The van der Waals surface area contributed by atoms with Gasteiger partial charge >= 0.3 is 0 Å². The second-order valence-electron chi connectivity index (χ2n) is 4.06. The van der Waals surface area contributed by atoms with E-state index in [1.807, 2.05) is 0 Å². The third-order valence-electron chi connectivity index (χ3n) is 2.46. The number of hydrogen-bond acceptors (Lipinski definition) is 6. The van der Waals surface area contributed by atoms with Crippen molar-refractivity contribution < 1.29 is 8.42 Å². The zero-order valence-corrected chi connectivity index (χ0v) is 12.1. The first kappa shape index (κ1) is 15.6. The minimum absolute atomic E-state index is 0.137. The highest BCUT2D eigenvalue weighted by atomic mass is 32.2. The van der Waals surface area contributed by atoms with Crippen LogP contribution in [0, 0.1) is 29.6 Å². The van der Waals surface area contributed by atoms with E-state index in [4.69, 9.17) is 10.5 Å². The minimum atomic E-state index is -3.56. The predicted molar refractivity (Wildman–Crippen MR) is 74.3 cm³/mol. The van der Waals surface area contributed by atoms with Gasteiger partial charge in [-0.1, -0.05) is 6.07 Å². The van der Waals surface area contributed by atoms with E-state index in [1.54, 1.807) is 31.2 Å². The van der Waals surface area contributed by atoms with Crippen molar-refractivity contribution in [1.29, 1.82) is 10.5 Å². The summed E-state index contributed by atoms with van der Waals surface area (Å²) in [5, 5.41) is 20.7. The van der Waals surface area contributed by atoms with Crippen LogP contribution in [0.2, 0.25) is 0 Å². The molecule has 0 bridgehead atoms. The lowest BCUT2D eigenvalue weighted by atomic mass is 10.2. The molecule has 0 atom stereocenters. The lowest BCUT2D eigenvalue weighted by Gasteiger charge is -2.14. The van der Waals surface area contributed by atoms with Crippen molar-refractivity contribution in [2.75, 3.05) is 19.5 Å². The Kier molecular flexibility index (Phi) is 4.81. The molecule has 0 heterocycles. The van der Waals surface area contributed by atoms with E-state index < -0.39 is 10.0 Å². The number of sulfonamides is 1. The van der Waals surface area contributed by atoms with Crippen LogP contribution in [-0.2, 0) is 10.0 Å². The van der Waals surface area contributed by atoms with Crippen molar-refractivity contribution in [2.45, 2.75) is 11.8 Å². The first-order chi connectivity index (χ1) is 9.32. The molecule has 1 aromatic rings. The summed E-state index contributed by atoms with van der Waals surface area (Å²) in [6, 6.07) is 7.82. The monoisotopic (exact) mass is 291 g/mol. The Morgan fingerprint density at radius 1 is 1.30 bits per heavy atom. The highest BCUT2D eigenvalue weighted by molar-refractivity contribution is 7.89. The predicted octanol–water partition coefficient (Wildman–Crippen LogP) is 1.06. The molecule has 0 saturated carbocycles. The number of aryl methyl sites for hydroxylation is 1. The van der Waals surface area contributed by atoms with Crippen LogP contribution in [0.5, 0.6) is 0 Å². The first-order valence-corrected chi connectivity index (χ1v) is 6.94. The van der Waals surface area contributed by atoms with Gasteiger partial charge in [0.05, 0.1) is 10.6 Å². The lowest BCUT2D eigenvalue weighted by Crippen LogP contribution is -2.23. The maximum atomic E-state index is 12.1. The summed E-state index contributed by atoms with van der Waals surface area (Å²) >= 11 is 0. The van der Waals surface area contributed by atoms with E-state index in [9.17, 15) is 8.42 Å². The van der Waals surface area contributed by atoms with Gasteiger partial charge in [0, 0.05) is 14.1 Å². The van der Waals surface area contributed by atoms with Gasteiger partial charge in [-0.25, -0.2) is 12.7 Å². The van der Waals surface area contributed by atoms with Crippen molar-refractivity contribution in [3.63, 3.8) is 0 Å². The molecular formula is C12H13N5O2S. The molecule has 0 aliphatic rings.